The van der Waals surface area contributed by atoms with Gasteiger partial charge in [-0.05, 0) is 29.5 Å². The highest BCUT2D eigenvalue weighted by Crippen LogP contribution is 2.10. The first-order chi connectivity index (χ1) is 7.88. The summed E-state index contributed by atoms with van der Waals surface area (Å²) in [5.74, 6) is 0. The van der Waals surface area contributed by atoms with Crippen LogP contribution in [0.5, 0.6) is 0 Å². The van der Waals surface area contributed by atoms with E-state index in [0.717, 1.165) is 12.0 Å². The molecule has 0 saturated carbocycles. The Morgan fingerprint density at radius 3 is 2.12 bits per heavy atom. The van der Waals surface area contributed by atoms with Gasteiger partial charge in [0, 0.05) is 0 Å². The highest BCUT2D eigenvalue weighted by atomic mass is 16.3. The Morgan fingerprint density at radius 2 is 1.50 bits per heavy atom. The number of aliphatic hydroxyl groups is 1. The Balaban J connectivity index is 1.94. The normalized spacial score (nSPS) is 10.3. The van der Waals surface area contributed by atoms with Gasteiger partial charge in [0.05, 0.1) is 6.61 Å². The van der Waals surface area contributed by atoms with Crippen molar-refractivity contribution >= 4 is 0 Å². The van der Waals surface area contributed by atoms with Crippen LogP contribution < -0.4 is 0 Å². The molecule has 81 valence electrons. The maximum Gasteiger partial charge on any atom is 0.0681 e. The van der Waals surface area contributed by atoms with E-state index >= 15 is 0 Å². The maximum atomic E-state index is 8.93. The van der Waals surface area contributed by atoms with Gasteiger partial charge in [-0.3, -0.25) is 0 Å². The Kier molecular flexibility index (Phi) is 3.73. The van der Waals surface area contributed by atoms with E-state index in [1.165, 1.54) is 11.1 Å². The summed E-state index contributed by atoms with van der Waals surface area (Å²) in [5.41, 5.74) is 3.46. The van der Waals surface area contributed by atoms with E-state index in [0.29, 0.717) is 0 Å². The zero-order chi connectivity index (χ0) is 11.2. The summed E-state index contributed by atoms with van der Waals surface area (Å²) in [5, 5.41) is 8.93. The molecule has 0 aromatic heterocycles. The Labute approximate surface area is 96.4 Å². The second kappa shape index (κ2) is 5.47. The molecular weight excluding hydrogens is 196 g/mol. The monoisotopic (exact) mass is 211 g/mol. The first-order valence-electron chi connectivity index (χ1n) is 5.45. The predicted molar refractivity (Wildman–Crippen MR) is 65.9 cm³/mol. The molecule has 0 unspecified atom stereocenters. The van der Waals surface area contributed by atoms with E-state index < -0.39 is 0 Å². The average molecular weight is 211 g/mol. The van der Waals surface area contributed by atoms with E-state index in [4.69, 9.17) is 5.11 Å². The molecule has 0 amide bonds. The Bertz CT molecular complexity index is 417. The molecule has 2 rings (SSSR count). The second-order valence-corrected chi connectivity index (χ2v) is 3.79. The number of rotatable bonds is 4. The summed E-state index contributed by atoms with van der Waals surface area (Å²) in [6, 6.07) is 18.4. The number of hydrogen-bond donors (Lipinski definition) is 1. The highest BCUT2D eigenvalue weighted by molar-refractivity contribution is 5.29. The van der Waals surface area contributed by atoms with Gasteiger partial charge in [-0.15, -0.1) is 0 Å². The molecule has 0 saturated heterocycles. The predicted octanol–water partition coefficient (Wildman–Crippen LogP) is 2.97. The molecular formula is C15H15O. The third-order valence-electron chi connectivity index (χ3n) is 2.58. The van der Waals surface area contributed by atoms with E-state index in [2.05, 4.69) is 30.7 Å². The summed E-state index contributed by atoms with van der Waals surface area (Å²) in [7, 11) is 0. The summed E-state index contributed by atoms with van der Waals surface area (Å²) in [4.78, 5) is 0. The molecule has 0 heterocycles. The third kappa shape index (κ3) is 2.94. The van der Waals surface area contributed by atoms with Crippen LogP contribution in [-0.4, -0.2) is 5.11 Å². The minimum Gasteiger partial charge on any atom is -0.392 e. The second-order valence-electron chi connectivity index (χ2n) is 3.79. The molecule has 0 aliphatic heterocycles. The van der Waals surface area contributed by atoms with Crippen molar-refractivity contribution in [3.05, 3.63) is 77.7 Å². The average Bonchev–Trinajstić information content (AvgIpc) is 2.38. The Hall–Kier alpha value is -1.60. The van der Waals surface area contributed by atoms with Crippen LogP contribution >= 0.6 is 0 Å². The summed E-state index contributed by atoms with van der Waals surface area (Å²) < 4.78 is 0. The SMILES string of the molecule is OCc1ccc([CH]Cc2ccccc2)cc1. The van der Waals surface area contributed by atoms with Gasteiger partial charge in [-0.2, -0.15) is 0 Å². The van der Waals surface area contributed by atoms with Gasteiger partial charge in [-0.25, -0.2) is 0 Å². The van der Waals surface area contributed by atoms with Crippen molar-refractivity contribution in [1.29, 1.82) is 0 Å². The molecule has 0 aliphatic carbocycles. The quantitative estimate of drug-likeness (QED) is 0.824. The fourth-order valence-corrected chi connectivity index (χ4v) is 1.61. The van der Waals surface area contributed by atoms with Crippen LogP contribution in [0.1, 0.15) is 16.7 Å². The smallest absolute Gasteiger partial charge is 0.0681 e. The molecule has 1 heteroatoms. The molecule has 16 heavy (non-hydrogen) atoms. The van der Waals surface area contributed by atoms with Crippen molar-refractivity contribution in [2.75, 3.05) is 0 Å². The zero-order valence-electron chi connectivity index (χ0n) is 9.13. The number of hydrogen-bond acceptors (Lipinski definition) is 1. The molecule has 2 aromatic rings. The Morgan fingerprint density at radius 1 is 0.812 bits per heavy atom. The first kappa shape index (κ1) is 10.9. The van der Waals surface area contributed by atoms with Gasteiger partial charge >= 0.3 is 0 Å². The number of benzene rings is 2. The lowest BCUT2D eigenvalue weighted by molar-refractivity contribution is 0.282. The van der Waals surface area contributed by atoms with Crippen molar-refractivity contribution in [3.63, 3.8) is 0 Å². The molecule has 0 fully saturated rings. The van der Waals surface area contributed by atoms with Crippen LogP contribution in [0.4, 0.5) is 0 Å². The van der Waals surface area contributed by atoms with E-state index in [9.17, 15) is 0 Å². The molecule has 2 aromatic carbocycles. The summed E-state index contributed by atoms with van der Waals surface area (Å²) in [6.07, 6.45) is 3.13. The van der Waals surface area contributed by atoms with Crippen LogP contribution in [0, 0.1) is 6.42 Å². The van der Waals surface area contributed by atoms with Crippen LogP contribution in [0.25, 0.3) is 0 Å². The fraction of sp³-hybridized carbons (Fsp3) is 0.133. The van der Waals surface area contributed by atoms with Crippen molar-refractivity contribution in [2.45, 2.75) is 13.0 Å². The zero-order valence-corrected chi connectivity index (χ0v) is 9.13. The minimum absolute atomic E-state index is 0.110. The van der Waals surface area contributed by atoms with Gasteiger partial charge in [0.25, 0.3) is 0 Å². The van der Waals surface area contributed by atoms with Crippen molar-refractivity contribution < 1.29 is 5.11 Å². The van der Waals surface area contributed by atoms with Gasteiger partial charge in [0.2, 0.25) is 0 Å². The van der Waals surface area contributed by atoms with Gasteiger partial charge in [0.1, 0.15) is 0 Å². The summed E-state index contributed by atoms with van der Waals surface area (Å²) >= 11 is 0. The van der Waals surface area contributed by atoms with E-state index in [1.54, 1.807) is 0 Å². The third-order valence-corrected chi connectivity index (χ3v) is 2.58. The highest BCUT2D eigenvalue weighted by Gasteiger charge is 1.96. The molecule has 0 aliphatic rings. The van der Waals surface area contributed by atoms with Crippen LogP contribution in [0.15, 0.2) is 54.6 Å². The largest absolute Gasteiger partial charge is 0.392 e. The molecule has 0 atom stereocenters. The van der Waals surface area contributed by atoms with E-state index in [-0.39, 0.29) is 6.61 Å². The summed E-state index contributed by atoms with van der Waals surface area (Å²) in [6.45, 7) is 0.110. The minimum atomic E-state index is 0.110. The maximum absolute atomic E-state index is 8.93. The lowest BCUT2D eigenvalue weighted by Crippen LogP contribution is -1.89. The number of aliphatic hydroxyl groups excluding tert-OH is 1. The molecule has 1 N–H and O–H groups in total. The lowest BCUT2D eigenvalue weighted by Gasteiger charge is -2.02. The van der Waals surface area contributed by atoms with Gasteiger partial charge in [-0.1, -0.05) is 54.6 Å². The molecule has 0 spiro atoms. The molecule has 0 bridgehead atoms. The molecule has 1 radical (unpaired) electrons. The molecule has 1 nitrogen and oxygen atoms in total. The van der Waals surface area contributed by atoms with E-state index in [1.807, 2.05) is 30.3 Å². The van der Waals surface area contributed by atoms with Gasteiger partial charge < -0.3 is 5.11 Å². The topological polar surface area (TPSA) is 20.2 Å². The first-order valence-corrected chi connectivity index (χ1v) is 5.45. The standard InChI is InChI=1S/C15H15O/c16-12-15-10-8-14(9-11-15)7-6-13-4-2-1-3-5-13/h1-5,7-11,16H,6,12H2. The van der Waals surface area contributed by atoms with Crippen LogP contribution in [-0.2, 0) is 13.0 Å². The van der Waals surface area contributed by atoms with Crippen molar-refractivity contribution in [1.82, 2.24) is 0 Å². The van der Waals surface area contributed by atoms with Gasteiger partial charge in [0.15, 0.2) is 0 Å². The van der Waals surface area contributed by atoms with Crippen LogP contribution in [0.2, 0.25) is 0 Å². The van der Waals surface area contributed by atoms with Crippen molar-refractivity contribution in [2.24, 2.45) is 0 Å². The van der Waals surface area contributed by atoms with Crippen LogP contribution in [0.3, 0.4) is 0 Å². The van der Waals surface area contributed by atoms with Crippen molar-refractivity contribution in [3.8, 4) is 0 Å². The fourth-order valence-electron chi connectivity index (χ4n) is 1.61. The lowest BCUT2D eigenvalue weighted by atomic mass is 10.0.